The molecule has 0 bridgehead atoms. The van der Waals surface area contributed by atoms with Crippen LogP contribution in [-0.2, 0) is 0 Å². The Kier molecular flexibility index (Phi) is 6.35. The van der Waals surface area contributed by atoms with Crippen LogP contribution in [0.4, 0.5) is 0 Å². The first kappa shape index (κ1) is 12.9. The van der Waals surface area contributed by atoms with E-state index >= 15 is 0 Å². The molecule has 1 N–H and O–H groups in total. The van der Waals surface area contributed by atoms with Crippen LogP contribution in [0.15, 0.2) is 0 Å². The van der Waals surface area contributed by atoms with Gasteiger partial charge in [-0.3, -0.25) is 0 Å². The zero-order valence-electron chi connectivity index (χ0n) is 10.1. The van der Waals surface area contributed by atoms with Crippen LogP contribution in [0.5, 0.6) is 0 Å². The van der Waals surface area contributed by atoms with Crippen molar-refractivity contribution in [1.29, 1.82) is 0 Å². The van der Waals surface area contributed by atoms with E-state index in [9.17, 15) is 0 Å². The van der Waals surface area contributed by atoms with Crippen molar-refractivity contribution in [2.24, 2.45) is 5.92 Å². The Labute approximate surface area is 83.7 Å². The summed E-state index contributed by atoms with van der Waals surface area (Å²) >= 11 is 0. The monoisotopic (exact) mass is 186 g/mol. The molecule has 2 heteroatoms. The summed E-state index contributed by atoms with van der Waals surface area (Å²) in [6, 6.07) is 1.29. The largest absolute Gasteiger partial charge is 0.317 e. The lowest BCUT2D eigenvalue weighted by molar-refractivity contribution is 0.210. The van der Waals surface area contributed by atoms with Crippen LogP contribution in [0, 0.1) is 5.92 Å². The third kappa shape index (κ3) is 6.05. The van der Waals surface area contributed by atoms with Crippen molar-refractivity contribution in [3.8, 4) is 0 Å². The van der Waals surface area contributed by atoms with Crippen LogP contribution in [0.1, 0.15) is 34.1 Å². The predicted octanol–water partition coefficient (Wildman–Crippen LogP) is 1.96. The molecule has 2 unspecified atom stereocenters. The minimum absolute atomic E-state index is 0.615. The van der Waals surface area contributed by atoms with E-state index in [0.29, 0.717) is 12.1 Å². The van der Waals surface area contributed by atoms with Crippen molar-refractivity contribution in [3.63, 3.8) is 0 Å². The summed E-state index contributed by atoms with van der Waals surface area (Å²) in [5, 5.41) is 3.28. The van der Waals surface area contributed by atoms with Gasteiger partial charge in [0, 0.05) is 18.6 Å². The van der Waals surface area contributed by atoms with E-state index in [2.05, 4.69) is 45.0 Å². The van der Waals surface area contributed by atoms with Crippen LogP contribution in [0.2, 0.25) is 0 Å². The van der Waals surface area contributed by atoms with Crippen molar-refractivity contribution < 1.29 is 0 Å². The van der Waals surface area contributed by atoms with Gasteiger partial charge in [0.15, 0.2) is 0 Å². The fourth-order valence-corrected chi connectivity index (χ4v) is 1.57. The molecule has 0 amide bonds. The molecule has 0 aliphatic rings. The summed E-state index contributed by atoms with van der Waals surface area (Å²) in [5.41, 5.74) is 0. The minimum atomic E-state index is 0.615. The first-order chi connectivity index (χ1) is 5.97. The molecule has 0 aromatic rings. The molecule has 0 rings (SSSR count). The topological polar surface area (TPSA) is 15.3 Å². The van der Waals surface area contributed by atoms with Gasteiger partial charge < -0.3 is 10.2 Å². The van der Waals surface area contributed by atoms with Gasteiger partial charge in [-0.2, -0.15) is 0 Å². The van der Waals surface area contributed by atoms with E-state index in [0.717, 1.165) is 5.92 Å². The molecule has 0 aliphatic heterocycles. The Morgan fingerprint density at radius 3 is 2.08 bits per heavy atom. The minimum Gasteiger partial charge on any atom is -0.317 e. The first-order valence-electron chi connectivity index (χ1n) is 5.34. The second kappa shape index (κ2) is 6.39. The Bertz CT molecular complexity index is 123. The lowest BCUT2D eigenvalue weighted by Crippen LogP contribution is -2.37. The summed E-state index contributed by atoms with van der Waals surface area (Å²) < 4.78 is 0. The molecule has 0 spiro atoms. The molecule has 0 saturated heterocycles. The Morgan fingerprint density at radius 1 is 1.15 bits per heavy atom. The van der Waals surface area contributed by atoms with Crippen LogP contribution in [0.3, 0.4) is 0 Å². The van der Waals surface area contributed by atoms with E-state index in [1.807, 2.05) is 7.05 Å². The summed E-state index contributed by atoms with van der Waals surface area (Å²) in [5.74, 6) is 0.761. The van der Waals surface area contributed by atoms with Gasteiger partial charge in [0.05, 0.1) is 0 Å². The van der Waals surface area contributed by atoms with Gasteiger partial charge >= 0.3 is 0 Å². The van der Waals surface area contributed by atoms with Crippen molar-refractivity contribution in [2.75, 3.05) is 20.6 Å². The average Bonchev–Trinajstić information content (AvgIpc) is 2.02. The highest BCUT2D eigenvalue weighted by Crippen LogP contribution is 2.07. The molecule has 80 valence electrons. The standard InChI is InChI=1S/C11H26N2/c1-9(2)8-13(6)11(4)7-10(3)12-5/h9-12H,7-8H2,1-6H3. The SMILES string of the molecule is CNC(C)CC(C)N(C)CC(C)C. The normalized spacial score (nSPS) is 16.6. The summed E-state index contributed by atoms with van der Waals surface area (Å²) in [7, 11) is 4.24. The molecular formula is C11H26N2. The summed E-state index contributed by atoms with van der Waals surface area (Å²) in [4.78, 5) is 2.44. The van der Waals surface area contributed by atoms with E-state index < -0.39 is 0 Å². The third-order valence-corrected chi connectivity index (χ3v) is 2.59. The maximum absolute atomic E-state index is 3.28. The summed E-state index contributed by atoms with van der Waals surface area (Å²) in [6.45, 7) is 10.3. The highest BCUT2D eigenvalue weighted by Gasteiger charge is 2.12. The van der Waals surface area contributed by atoms with Crippen molar-refractivity contribution in [3.05, 3.63) is 0 Å². The van der Waals surface area contributed by atoms with Crippen LogP contribution >= 0.6 is 0 Å². The van der Waals surface area contributed by atoms with Gasteiger partial charge in [0.2, 0.25) is 0 Å². The molecule has 0 aromatic heterocycles. The van der Waals surface area contributed by atoms with Gasteiger partial charge in [-0.1, -0.05) is 13.8 Å². The molecule has 0 radical (unpaired) electrons. The van der Waals surface area contributed by atoms with Crippen molar-refractivity contribution in [2.45, 2.75) is 46.2 Å². The zero-order chi connectivity index (χ0) is 10.4. The molecule has 0 heterocycles. The van der Waals surface area contributed by atoms with E-state index in [-0.39, 0.29) is 0 Å². The Morgan fingerprint density at radius 2 is 1.69 bits per heavy atom. The number of nitrogens with zero attached hydrogens (tertiary/aromatic N) is 1. The predicted molar refractivity (Wildman–Crippen MR) is 60.1 cm³/mol. The molecule has 2 nitrogen and oxygen atoms in total. The summed E-state index contributed by atoms with van der Waals surface area (Å²) in [6.07, 6.45) is 1.22. The van der Waals surface area contributed by atoms with Gasteiger partial charge in [-0.25, -0.2) is 0 Å². The van der Waals surface area contributed by atoms with Crippen molar-refractivity contribution in [1.82, 2.24) is 10.2 Å². The van der Waals surface area contributed by atoms with E-state index in [4.69, 9.17) is 0 Å². The molecule has 0 aliphatic carbocycles. The second-order valence-corrected chi connectivity index (χ2v) is 4.61. The molecular weight excluding hydrogens is 160 g/mol. The molecule has 0 aromatic carbocycles. The zero-order valence-corrected chi connectivity index (χ0v) is 10.1. The van der Waals surface area contributed by atoms with Crippen LogP contribution in [-0.4, -0.2) is 37.6 Å². The maximum Gasteiger partial charge on any atom is 0.00786 e. The molecule has 13 heavy (non-hydrogen) atoms. The van der Waals surface area contributed by atoms with E-state index in [1.165, 1.54) is 13.0 Å². The maximum atomic E-state index is 3.28. The van der Waals surface area contributed by atoms with Crippen molar-refractivity contribution >= 4 is 0 Å². The lowest BCUT2D eigenvalue weighted by atomic mass is 10.1. The Balaban J connectivity index is 3.74. The quantitative estimate of drug-likeness (QED) is 0.682. The highest BCUT2D eigenvalue weighted by atomic mass is 15.1. The number of rotatable bonds is 6. The molecule has 0 saturated carbocycles. The van der Waals surface area contributed by atoms with Crippen LogP contribution < -0.4 is 5.32 Å². The van der Waals surface area contributed by atoms with Crippen LogP contribution in [0.25, 0.3) is 0 Å². The van der Waals surface area contributed by atoms with E-state index in [1.54, 1.807) is 0 Å². The number of hydrogen-bond donors (Lipinski definition) is 1. The van der Waals surface area contributed by atoms with Gasteiger partial charge in [0.1, 0.15) is 0 Å². The first-order valence-corrected chi connectivity index (χ1v) is 5.34. The fraction of sp³-hybridized carbons (Fsp3) is 1.00. The number of hydrogen-bond acceptors (Lipinski definition) is 2. The molecule has 0 fully saturated rings. The fourth-order valence-electron chi connectivity index (χ4n) is 1.57. The lowest BCUT2D eigenvalue weighted by Gasteiger charge is -2.28. The smallest absolute Gasteiger partial charge is 0.00786 e. The molecule has 2 atom stereocenters. The average molecular weight is 186 g/mol. The third-order valence-electron chi connectivity index (χ3n) is 2.59. The van der Waals surface area contributed by atoms with Gasteiger partial charge in [-0.15, -0.1) is 0 Å². The van der Waals surface area contributed by atoms with Gasteiger partial charge in [0.25, 0.3) is 0 Å². The Hall–Kier alpha value is -0.0800. The number of nitrogens with one attached hydrogen (secondary N) is 1. The highest BCUT2D eigenvalue weighted by molar-refractivity contribution is 4.70. The van der Waals surface area contributed by atoms with Gasteiger partial charge in [-0.05, 0) is 40.3 Å². The second-order valence-electron chi connectivity index (χ2n) is 4.61.